The van der Waals surface area contributed by atoms with Gasteiger partial charge in [0.2, 0.25) is 5.91 Å². The summed E-state index contributed by atoms with van der Waals surface area (Å²) in [4.78, 5) is 38.3. The average Bonchev–Trinajstić information content (AvgIpc) is 3.08. The topological polar surface area (TPSA) is 75.7 Å². The third-order valence-electron chi connectivity index (χ3n) is 4.89. The Labute approximate surface area is 208 Å². The summed E-state index contributed by atoms with van der Waals surface area (Å²) in [6, 6.07) is 16.7. The third-order valence-corrected chi connectivity index (χ3v) is 6.08. The maximum atomic E-state index is 13.8. The number of carbonyl (C=O) groups is 3. The zero-order valence-corrected chi connectivity index (χ0v) is 19.5. The molecule has 0 aliphatic carbocycles. The molecule has 0 radical (unpaired) electrons. The largest absolute Gasteiger partial charge is 0.489 e. The molecule has 1 saturated heterocycles. The minimum atomic E-state index is -0.639. The number of nitrogens with one attached hydrogen (secondary N) is 1. The molecular formula is C25H17ClF2N2O4S. The Bertz CT molecular complexity index is 1350. The minimum Gasteiger partial charge on any atom is -0.489 e. The van der Waals surface area contributed by atoms with Crippen molar-refractivity contribution < 1.29 is 27.9 Å². The Morgan fingerprint density at radius 1 is 1.03 bits per heavy atom. The molecule has 1 fully saturated rings. The van der Waals surface area contributed by atoms with E-state index < -0.39 is 29.4 Å². The molecule has 10 heteroatoms. The summed E-state index contributed by atoms with van der Waals surface area (Å²) in [6.45, 7) is -0.482. The fourth-order valence-electron chi connectivity index (χ4n) is 3.18. The normalized spacial score (nSPS) is 14.5. The molecule has 6 nitrogen and oxygen atoms in total. The van der Waals surface area contributed by atoms with Gasteiger partial charge in [0.15, 0.2) is 0 Å². The Hall–Kier alpha value is -3.69. The first kappa shape index (κ1) is 24.4. The number of rotatable bonds is 7. The summed E-state index contributed by atoms with van der Waals surface area (Å²) in [5.41, 5.74) is 1.23. The highest BCUT2D eigenvalue weighted by atomic mass is 35.5. The zero-order chi connectivity index (χ0) is 24.9. The molecule has 1 heterocycles. The summed E-state index contributed by atoms with van der Waals surface area (Å²) in [7, 11) is 0. The van der Waals surface area contributed by atoms with Crippen LogP contribution in [0.3, 0.4) is 0 Å². The van der Waals surface area contributed by atoms with Gasteiger partial charge in [0.05, 0.1) is 9.93 Å². The third kappa shape index (κ3) is 6.06. The Kier molecular flexibility index (Phi) is 7.48. The van der Waals surface area contributed by atoms with Crippen molar-refractivity contribution in [3.8, 4) is 5.75 Å². The molecule has 1 aliphatic heterocycles. The molecule has 3 aromatic rings. The quantitative estimate of drug-likeness (QED) is 0.399. The van der Waals surface area contributed by atoms with E-state index in [-0.39, 0.29) is 28.0 Å². The summed E-state index contributed by atoms with van der Waals surface area (Å²) >= 11 is 6.40. The van der Waals surface area contributed by atoms with Crippen LogP contribution in [0.25, 0.3) is 6.08 Å². The highest BCUT2D eigenvalue weighted by Crippen LogP contribution is 2.32. The standard InChI is InChI=1S/C25H17ClF2N2O4S/c26-19-12-17(8-9-21(19)28)29-23(31)13-30-24(32)22(35-25(30)33)11-15-4-3-6-18(10-15)34-14-16-5-1-2-7-20(16)27/h1-12H,13-14H2,(H,29,31)/b22-11+. The second-order valence-electron chi connectivity index (χ2n) is 7.40. The molecule has 3 aromatic carbocycles. The molecule has 0 saturated carbocycles. The Morgan fingerprint density at radius 3 is 2.60 bits per heavy atom. The summed E-state index contributed by atoms with van der Waals surface area (Å²) < 4.78 is 32.7. The number of nitrogens with zero attached hydrogens (tertiary/aromatic N) is 1. The van der Waals surface area contributed by atoms with Gasteiger partial charge in [-0.05, 0) is 59.8 Å². The van der Waals surface area contributed by atoms with Crippen molar-refractivity contribution in [3.63, 3.8) is 0 Å². The van der Waals surface area contributed by atoms with Gasteiger partial charge in [-0.3, -0.25) is 19.3 Å². The van der Waals surface area contributed by atoms with Crippen LogP contribution in [0.15, 0.2) is 71.6 Å². The van der Waals surface area contributed by atoms with E-state index in [2.05, 4.69) is 5.32 Å². The predicted octanol–water partition coefficient (Wildman–Crippen LogP) is 5.87. The summed E-state index contributed by atoms with van der Waals surface area (Å²) in [5.74, 6) is -1.81. The summed E-state index contributed by atoms with van der Waals surface area (Å²) in [5, 5.41) is 1.71. The van der Waals surface area contributed by atoms with Crippen molar-refractivity contribution >= 4 is 52.2 Å². The fraction of sp³-hybridized carbons (Fsp3) is 0.0800. The first-order valence-electron chi connectivity index (χ1n) is 10.3. The lowest BCUT2D eigenvalue weighted by Gasteiger charge is -2.12. The molecule has 0 atom stereocenters. The molecule has 0 spiro atoms. The van der Waals surface area contributed by atoms with Crippen molar-refractivity contribution in [1.82, 2.24) is 4.90 Å². The van der Waals surface area contributed by atoms with Crippen molar-refractivity contribution in [1.29, 1.82) is 0 Å². The molecule has 178 valence electrons. The lowest BCUT2D eigenvalue weighted by atomic mass is 10.2. The summed E-state index contributed by atoms with van der Waals surface area (Å²) in [6.07, 6.45) is 1.51. The van der Waals surface area contributed by atoms with Crippen molar-refractivity contribution in [2.24, 2.45) is 0 Å². The van der Waals surface area contributed by atoms with Crippen LogP contribution in [0.4, 0.5) is 19.3 Å². The number of amides is 3. The molecule has 0 unspecified atom stereocenters. The van der Waals surface area contributed by atoms with Gasteiger partial charge in [-0.1, -0.05) is 41.9 Å². The highest BCUT2D eigenvalue weighted by Gasteiger charge is 2.36. The van der Waals surface area contributed by atoms with Gasteiger partial charge in [0.1, 0.15) is 30.5 Å². The SMILES string of the molecule is O=C(CN1C(=O)S/C(=C/c2cccc(OCc3ccccc3F)c2)C1=O)Nc1ccc(F)c(Cl)c1. The van der Waals surface area contributed by atoms with E-state index in [1.54, 1.807) is 42.5 Å². The van der Waals surface area contributed by atoms with E-state index in [4.69, 9.17) is 16.3 Å². The second kappa shape index (κ2) is 10.7. The predicted molar refractivity (Wildman–Crippen MR) is 130 cm³/mol. The Balaban J connectivity index is 1.40. The number of hydrogen-bond donors (Lipinski definition) is 1. The lowest BCUT2D eigenvalue weighted by molar-refractivity contribution is -0.127. The maximum Gasteiger partial charge on any atom is 0.294 e. The van der Waals surface area contributed by atoms with Gasteiger partial charge in [0.25, 0.3) is 11.1 Å². The van der Waals surface area contributed by atoms with Crippen LogP contribution in [0.2, 0.25) is 5.02 Å². The molecule has 0 bridgehead atoms. The number of thioether (sulfide) groups is 1. The number of anilines is 1. The first-order chi connectivity index (χ1) is 16.8. The number of halogens is 3. The average molecular weight is 515 g/mol. The van der Waals surface area contributed by atoms with Crippen LogP contribution in [0.1, 0.15) is 11.1 Å². The molecular weight excluding hydrogens is 498 g/mol. The monoisotopic (exact) mass is 514 g/mol. The van der Waals surface area contributed by atoms with Gasteiger partial charge >= 0.3 is 0 Å². The van der Waals surface area contributed by atoms with Gasteiger partial charge in [-0.15, -0.1) is 0 Å². The van der Waals surface area contributed by atoms with E-state index in [9.17, 15) is 23.2 Å². The number of ether oxygens (including phenoxy) is 1. The molecule has 35 heavy (non-hydrogen) atoms. The Morgan fingerprint density at radius 2 is 1.83 bits per heavy atom. The van der Waals surface area contributed by atoms with Crippen LogP contribution in [-0.2, 0) is 16.2 Å². The van der Waals surface area contributed by atoms with Crippen molar-refractivity contribution in [3.05, 3.63) is 99.4 Å². The van der Waals surface area contributed by atoms with E-state index in [0.29, 0.717) is 28.6 Å². The molecule has 0 aromatic heterocycles. The van der Waals surface area contributed by atoms with Gasteiger partial charge < -0.3 is 10.1 Å². The number of carbonyl (C=O) groups excluding carboxylic acids is 3. The first-order valence-corrected chi connectivity index (χ1v) is 11.5. The smallest absolute Gasteiger partial charge is 0.294 e. The molecule has 3 amide bonds. The van der Waals surface area contributed by atoms with Crippen LogP contribution in [0.5, 0.6) is 5.75 Å². The molecule has 4 rings (SSSR count). The van der Waals surface area contributed by atoms with Crippen LogP contribution in [-0.4, -0.2) is 28.5 Å². The van der Waals surface area contributed by atoms with E-state index in [1.165, 1.54) is 24.3 Å². The fourth-order valence-corrected chi connectivity index (χ4v) is 4.20. The van der Waals surface area contributed by atoms with Crippen molar-refractivity contribution in [2.75, 3.05) is 11.9 Å². The van der Waals surface area contributed by atoms with E-state index in [0.717, 1.165) is 11.0 Å². The van der Waals surface area contributed by atoms with Crippen LogP contribution < -0.4 is 10.1 Å². The molecule has 1 N–H and O–H groups in total. The second-order valence-corrected chi connectivity index (χ2v) is 8.80. The highest BCUT2D eigenvalue weighted by molar-refractivity contribution is 8.18. The number of imide groups is 1. The van der Waals surface area contributed by atoms with Gasteiger partial charge in [-0.2, -0.15) is 0 Å². The number of benzene rings is 3. The van der Waals surface area contributed by atoms with E-state index >= 15 is 0 Å². The maximum absolute atomic E-state index is 13.8. The van der Waals surface area contributed by atoms with Crippen molar-refractivity contribution in [2.45, 2.75) is 6.61 Å². The van der Waals surface area contributed by atoms with E-state index in [1.807, 2.05) is 0 Å². The van der Waals surface area contributed by atoms with Gasteiger partial charge in [0, 0.05) is 11.3 Å². The van der Waals surface area contributed by atoms with Crippen LogP contribution in [0, 0.1) is 11.6 Å². The number of hydrogen-bond acceptors (Lipinski definition) is 5. The van der Waals surface area contributed by atoms with Gasteiger partial charge in [-0.25, -0.2) is 8.78 Å². The van der Waals surface area contributed by atoms with Crippen LogP contribution >= 0.6 is 23.4 Å². The zero-order valence-electron chi connectivity index (χ0n) is 18.0. The lowest BCUT2D eigenvalue weighted by Crippen LogP contribution is -2.36. The molecule has 1 aliphatic rings. The minimum absolute atomic E-state index is 0.0288.